The number of aromatic amines is 1. The number of benzene rings is 2. The molecule has 0 radical (unpaired) electrons. The fourth-order valence-electron chi connectivity index (χ4n) is 4.47. The molecule has 3 heterocycles. The molecule has 2 aliphatic rings. The van der Waals surface area contributed by atoms with E-state index in [0.717, 1.165) is 28.0 Å². The molecule has 2 aromatic carbocycles. The van der Waals surface area contributed by atoms with Crippen LogP contribution in [0.25, 0.3) is 0 Å². The highest BCUT2D eigenvalue weighted by Crippen LogP contribution is 2.54. The first-order valence-electron chi connectivity index (χ1n) is 11.1. The number of nitrogens with one attached hydrogen (secondary N) is 2. The van der Waals surface area contributed by atoms with Crippen molar-refractivity contribution in [3.8, 4) is 5.75 Å². The number of aromatic nitrogens is 1. The number of ether oxygens (including phenoxy) is 1. The number of aliphatic carboxylic acids is 1. The summed E-state index contributed by atoms with van der Waals surface area (Å²) < 4.78 is 19.6. The number of carbonyl (C=O) groups excluding carboxylic acids is 3. The van der Waals surface area contributed by atoms with Crippen molar-refractivity contribution in [3.05, 3.63) is 72.9 Å². The van der Waals surface area contributed by atoms with Gasteiger partial charge >= 0.3 is 10.8 Å². The standard InChI is InChI=1S/C24H17BrFN3O7S2/c25-10-1-6-14(36-9-15(30)27-12-4-2-11(26)3-5-12)13(7-10)17-18-20(37-21-19(17)38-24(35)28-21)23(34)29(22(18)33)8-16(31)32/h1-7,17-18,20H,8-9H2,(H,27,30)(H,28,35)(H,31,32)/t17-,18?,20?/m0/s1. The van der Waals surface area contributed by atoms with Gasteiger partial charge in [0.15, 0.2) is 6.61 Å². The Balaban J connectivity index is 1.49. The molecule has 196 valence electrons. The van der Waals surface area contributed by atoms with Crippen LogP contribution in [0.5, 0.6) is 5.75 Å². The van der Waals surface area contributed by atoms with Gasteiger partial charge in [0.1, 0.15) is 23.4 Å². The number of hydrogen-bond donors (Lipinski definition) is 3. The van der Waals surface area contributed by atoms with Gasteiger partial charge in [-0.05, 0) is 42.5 Å². The van der Waals surface area contributed by atoms with Crippen LogP contribution in [0.3, 0.4) is 0 Å². The van der Waals surface area contributed by atoms with Gasteiger partial charge in [-0.15, -0.1) is 0 Å². The van der Waals surface area contributed by atoms with E-state index < -0.39 is 59.7 Å². The first-order valence-corrected chi connectivity index (χ1v) is 13.6. The number of carbonyl (C=O) groups is 4. The molecule has 3 N–H and O–H groups in total. The molecule has 0 aliphatic carbocycles. The van der Waals surface area contributed by atoms with Crippen molar-refractivity contribution in [2.45, 2.75) is 16.2 Å². The first-order chi connectivity index (χ1) is 18.1. The van der Waals surface area contributed by atoms with E-state index in [2.05, 4.69) is 26.2 Å². The zero-order valence-electron chi connectivity index (χ0n) is 19.1. The lowest BCUT2D eigenvalue weighted by Gasteiger charge is -2.31. The van der Waals surface area contributed by atoms with Crippen molar-refractivity contribution < 1.29 is 33.4 Å². The molecule has 3 amide bonds. The minimum Gasteiger partial charge on any atom is -0.483 e. The number of amides is 3. The number of hydrogen-bond acceptors (Lipinski definition) is 8. The van der Waals surface area contributed by atoms with E-state index in [1.165, 1.54) is 24.3 Å². The highest BCUT2D eigenvalue weighted by atomic mass is 79.9. The highest BCUT2D eigenvalue weighted by molar-refractivity contribution is 9.10. The SMILES string of the molecule is O=C(O)CN1C(=O)C2Sc3[nH]c(=O)sc3[C@@H](c3cc(Br)ccc3OCC(=O)Nc3ccc(F)cc3)C2C1=O. The molecule has 3 atom stereocenters. The molecule has 1 saturated heterocycles. The second-order valence-corrected chi connectivity index (χ2v) is 11.5. The lowest BCUT2D eigenvalue weighted by atomic mass is 9.82. The molecule has 1 fully saturated rings. The Hall–Kier alpha value is -3.49. The Kier molecular flexibility index (Phi) is 7.11. The summed E-state index contributed by atoms with van der Waals surface area (Å²) in [6, 6.07) is 10.1. The molecular weight excluding hydrogens is 605 g/mol. The number of fused-ring (bicyclic) bond motifs is 2. The number of nitrogens with zero attached hydrogens (tertiary/aromatic N) is 1. The lowest BCUT2D eigenvalue weighted by Crippen LogP contribution is -2.36. The monoisotopic (exact) mass is 621 g/mol. The zero-order valence-corrected chi connectivity index (χ0v) is 22.3. The second kappa shape index (κ2) is 10.3. The summed E-state index contributed by atoms with van der Waals surface area (Å²) in [5.41, 5.74) is 0.817. The number of carboxylic acids is 1. The van der Waals surface area contributed by atoms with Crippen LogP contribution in [-0.4, -0.2) is 57.1 Å². The van der Waals surface area contributed by atoms with Crippen molar-refractivity contribution in [3.63, 3.8) is 0 Å². The molecule has 3 aromatic rings. The summed E-state index contributed by atoms with van der Waals surface area (Å²) in [5.74, 6) is -5.17. The normalized spacial score (nSPS) is 20.2. The molecule has 14 heteroatoms. The average Bonchev–Trinajstić information content (AvgIpc) is 3.35. The summed E-state index contributed by atoms with van der Waals surface area (Å²) in [5, 5.41) is 11.3. The summed E-state index contributed by atoms with van der Waals surface area (Å²) >= 11 is 5.32. The van der Waals surface area contributed by atoms with Gasteiger partial charge in [-0.1, -0.05) is 39.0 Å². The molecule has 0 saturated carbocycles. The van der Waals surface area contributed by atoms with Gasteiger partial charge in [-0.3, -0.25) is 28.9 Å². The maximum atomic E-state index is 13.4. The van der Waals surface area contributed by atoms with Crippen molar-refractivity contribution >= 4 is 68.4 Å². The molecule has 2 aliphatic heterocycles. The van der Waals surface area contributed by atoms with Crippen LogP contribution in [0, 0.1) is 11.7 Å². The van der Waals surface area contributed by atoms with Crippen LogP contribution < -0.4 is 14.9 Å². The number of rotatable bonds is 7. The molecule has 2 unspecified atom stereocenters. The quantitative estimate of drug-likeness (QED) is 0.341. The number of thiazole rings is 1. The summed E-state index contributed by atoms with van der Waals surface area (Å²) in [7, 11) is 0. The minimum atomic E-state index is -1.33. The van der Waals surface area contributed by atoms with Crippen molar-refractivity contribution in [1.29, 1.82) is 0 Å². The first kappa shape index (κ1) is 26.1. The Labute approximate surface area is 230 Å². The fourth-order valence-corrected chi connectivity index (χ4v) is 7.37. The molecule has 1 aromatic heterocycles. The maximum absolute atomic E-state index is 13.4. The highest BCUT2D eigenvalue weighted by Gasteiger charge is 2.56. The van der Waals surface area contributed by atoms with Gasteiger partial charge in [0.25, 0.3) is 5.91 Å². The maximum Gasteiger partial charge on any atom is 0.323 e. The van der Waals surface area contributed by atoms with E-state index in [9.17, 15) is 33.5 Å². The zero-order chi connectivity index (χ0) is 27.1. The summed E-state index contributed by atoms with van der Waals surface area (Å²) in [4.78, 5) is 66.1. The van der Waals surface area contributed by atoms with Gasteiger partial charge in [0, 0.05) is 26.5 Å². The van der Waals surface area contributed by atoms with Crippen molar-refractivity contribution in [2.75, 3.05) is 18.5 Å². The molecule has 38 heavy (non-hydrogen) atoms. The van der Waals surface area contributed by atoms with E-state index in [-0.39, 0.29) is 10.6 Å². The summed E-state index contributed by atoms with van der Waals surface area (Å²) in [6.45, 7) is -1.19. The molecular formula is C24H17BrFN3O7S2. The average molecular weight is 622 g/mol. The smallest absolute Gasteiger partial charge is 0.323 e. The number of H-pyrrole nitrogens is 1. The third kappa shape index (κ3) is 4.98. The van der Waals surface area contributed by atoms with E-state index in [0.29, 0.717) is 25.6 Å². The number of halogens is 2. The Morgan fingerprint density at radius 3 is 2.58 bits per heavy atom. The van der Waals surface area contributed by atoms with Gasteiger partial charge < -0.3 is 20.1 Å². The van der Waals surface area contributed by atoms with E-state index >= 15 is 0 Å². The molecule has 0 spiro atoms. The third-order valence-electron chi connectivity index (χ3n) is 6.00. The van der Waals surface area contributed by atoms with Crippen molar-refractivity contribution in [1.82, 2.24) is 9.88 Å². The van der Waals surface area contributed by atoms with Crippen molar-refractivity contribution in [2.24, 2.45) is 5.92 Å². The number of likely N-dealkylation sites (tertiary alicyclic amines) is 1. The van der Waals surface area contributed by atoms with Gasteiger partial charge in [-0.25, -0.2) is 4.39 Å². The van der Waals surface area contributed by atoms with E-state index in [1.54, 1.807) is 18.2 Å². The van der Waals surface area contributed by atoms with Gasteiger partial charge in [0.2, 0.25) is 11.8 Å². The lowest BCUT2D eigenvalue weighted by molar-refractivity contribution is -0.149. The molecule has 5 rings (SSSR count). The predicted molar refractivity (Wildman–Crippen MR) is 139 cm³/mol. The van der Waals surface area contributed by atoms with Crippen LogP contribution in [-0.2, 0) is 19.2 Å². The van der Waals surface area contributed by atoms with Crippen LogP contribution in [0.1, 0.15) is 16.4 Å². The van der Waals surface area contributed by atoms with E-state index in [4.69, 9.17) is 4.74 Å². The Morgan fingerprint density at radius 1 is 1.13 bits per heavy atom. The van der Waals surface area contributed by atoms with Crippen LogP contribution in [0.15, 0.2) is 56.8 Å². The largest absolute Gasteiger partial charge is 0.483 e. The Bertz CT molecular complexity index is 1520. The topological polar surface area (TPSA) is 146 Å². The molecule has 0 bridgehead atoms. The number of thioether (sulfide) groups is 1. The molecule has 10 nitrogen and oxygen atoms in total. The predicted octanol–water partition coefficient (Wildman–Crippen LogP) is 3.03. The van der Waals surface area contributed by atoms with Gasteiger partial charge in [-0.2, -0.15) is 0 Å². The minimum absolute atomic E-state index is 0.238. The fraction of sp³-hybridized carbons (Fsp3) is 0.208. The third-order valence-corrected chi connectivity index (χ3v) is 8.90. The number of imide groups is 1. The van der Waals surface area contributed by atoms with Crippen LogP contribution in [0.4, 0.5) is 10.1 Å². The van der Waals surface area contributed by atoms with E-state index in [1.807, 2.05) is 0 Å². The second-order valence-electron chi connectivity index (χ2n) is 8.43. The van der Waals surface area contributed by atoms with Crippen LogP contribution in [0.2, 0.25) is 0 Å². The van der Waals surface area contributed by atoms with Crippen LogP contribution >= 0.6 is 39.0 Å². The van der Waals surface area contributed by atoms with Gasteiger partial charge in [0.05, 0.1) is 10.9 Å². The Morgan fingerprint density at radius 2 is 1.87 bits per heavy atom. The number of anilines is 1. The number of carboxylic acid groups (broad SMARTS) is 1. The summed E-state index contributed by atoms with van der Waals surface area (Å²) in [6.07, 6.45) is 0.